The number of carbonyl (C=O) groups is 1. The first-order valence-corrected chi connectivity index (χ1v) is 8.88. The summed E-state index contributed by atoms with van der Waals surface area (Å²) in [6.45, 7) is 11.6. The third-order valence-electron chi connectivity index (χ3n) is 3.38. The van der Waals surface area contributed by atoms with Crippen LogP contribution in [0.5, 0.6) is 0 Å². The number of hydrogen-bond acceptors (Lipinski definition) is 5. The molecule has 0 aliphatic carbocycles. The summed E-state index contributed by atoms with van der Waals surface area (Å²) in [6, 6.07) is 4.61. The first-order valence-electron chi connectivity index (χ1n) is 8.06. The Labute approximate surface area is 142 Å². The largest absolute Gasteiger partial charge is 0.444 e. The summed E-state index contributed by atoms with van der Waals surface area (Å²) in [5, 5.41) is 3.43. The Bertz CT molecular complexity index is 575. The number of thiophene rings is 1. The zero-order valence-electron chi connectivity index (χ0n) is 14.7. The van der Waals surface area contributed by atoms with E-state index in [1.54, 1.807) is 4.90 Å². The topological polar surface area (TPSA) is 53.9 Å². The van der Waals surface area contributed by atoms with E-state index in [9.17, 15) is 4.79 Å². The van der Waals surface area contributed by atoms with E-state index in [0.29, 0.717) is 19.6 Å². The molecule has 0 aromatic carbocycles. The maximum absolute atomic E-state index is 12.2. The highest BCUT2D eigenvalue weighted by molar-refractivity contribution is 7.11. The molecule has 6 heteroatoms. The van der Waals surface area contributed by atoms with E-state index in [2.05, 4.69) is 36.3 Å². The molecule has 1 unspecified atom stereocenters. The lowest BCUT2D eigenvalue weighted by Crippen LogP contribution is -2.49. The maximum Gasteiger partial charge on any atom is 0.410 e. The molecule has 1 aliphatic rings. The highest BCUT2D eigenvalue weighted by Crippen LogP contribution is 2.17. The van der Waals surface area contributed by atoms with Crippen molar-refractivity contribution < 1.29 is 9.53 Å². The number of rotatable bonds is 3. The van der Waals surface area contributed by atoms with Crippen molar-refractivity contribution in [2.45, 2.75) is 52.7 Å². The number of aliphatic imine (C=N–C) groups is 1. The average Bonchev–Trinajstić information content (AvgIpc) is 2.82. The van der Waals surface area contributed by atoms with Gasteiger partial charge in [0.2, 0.25) is 0 Å². The van der Waals surface area contributed by atoms with Crippen molar-refractivity contribution in [1.82, 2.24) is 10.2 Å². The third kappa shape index (κ3) is 5.86. The third-order valence-corrected chi connectivity index (χ3v) is 4.40. The molecule has 0 saturated heterocycles. The fraction of sp³-hybridized carbons (Fsp3) is 0.647. The summed E-state index contributed by atoms with van der Waals surface area (Å²) in [5.41, 5.74) is -0.469. The molecule has 2 heterocycles. The van der Waals surface area contributed by atoms with Crippen LogP contribution < -0.4 is 5.32 Å². The number of hydrogen-bond donors (Lipinski definition) is 1. The molecule has 2 rings (SSSR count). The number of aryl methyl sites for hydroxylation is 1. The van der Waals surface area contributed by atoms with Gasteiger partial charge in [-0.1, -0.05) is 0 Å². The molecule has 1 N–H and O–H groups in total. The molecule has 5 nitrogen and oxygen atoms in total. The zero-order chi connectivity index (χ0) is 17.0. The van der Waals surface area contributed by atoms with Crippen molar-refractivity contribution in [2.75, 3.05) is 19.6 Å². The molecule has 1 atom stereocenters. The molecule has 1 aliphatic heterocycles. The zero-order valence-corrected chi connectivity index (χ0v) is 15.5. The van der Waals surface area contributed by atoms with Crippen LogP contribution in [0.1, 0.15) is 37.4 Å². The number of amides is 1. The molecule has 1 amide bonds. The second kappa shape index (κ2) is 7.34. The van der Waals surface area contributed by atoms with Gasteiger partial charge in [-0.3, -0.25) is 9.89 Å². The van der Waals surface area contributed by atoms with Gasteiger partial charge in [-0.25, -0.2) is 4.79 Å². The number of ether oxygens (including phenoxy) is 1. The summed E-state index contributed by atoms with van der Waals surface area (Å²) >= 11 is 1.83. The average molecular weight is 337 g/mol. The lowest BCUT2D eigenvalue weighted by atomic mass is 10.2. The van der Waals surface area contributed by atoms with Crippen LogP contribution in [0.4, 0.5) is 4.79 Å². The molecule has 128 valence electrons. The van der Waals surface area contributed by atoms with Crippen LogP contribution in [0, 0.1) is 6.92 Å². The van der Waals surface area contributed by atoms with Crippen LogP contribution in [-0.2, 0) is 11.2 Å². The summed E-state index contributed by atoms with van der Waals surface area (Å²) in [6.07, 6.45) is 0.692. The molecule has 1 aromatic heterocycles. The smallest absolute Gasteiger partial charge is 0.410 e. The van der Waals surface area contributed by atoms with Crippen LogP contribution in [0.2, 0.25) is 0 Å². The highest BCUT2D eigenvalue weighted by Gasteiger charge is 2.25. The Morgan fingerprint density at radius 3 is 2.83 bits per heavy atom. The van der Waals surface area contributed by atoms with Crippen LogP contribution >= 0.6 is 11.3 Å². The fourth-order valence-electron chi connectivity index (χ4n) is 2.42. The molecule has 1 aromatic rings. The highest BCUT2D eigenvalue weighted by atomic mass is 32.1. The summed E-state index contributed by atoms with van der Waals surface area (Å²) < 4.78 is 5.43. The van der Waals surface area contributed by atoms with Crippen molar-refractivity contribution >= 4 is 23.3 Å². The SMILES string of the molecule is Cc1ccc(CC(C)NC2=NCCN(C(=O)OC(C)(C)C)C2)s1. The van der Waals surface area contributed by atoms with E-state index in [1.807, 2.05) is 32.1 Å². The standard InChI is InChI=1S/C17H27N3O2S/c1-12(10-14-7-6-13(2)23-14)19-15-11-20(9-8-18-15)16(21)22-17(3,4)5/h6-7,12H,8-11H2,1-5H3,(H,18,19). The normalized spacial score (nSPS) is 16.7. The van der Waals surface area contributed by atoms with Gasteiger partial charge >= 0.3 is 6.09 Å². The van der Waals surface area contributed by atoms with Gasteiger partial charge in [0.25, 0.3) is 0 Å². The van der Waals surface area contributed by atoms with Gasteiger partial charge in [0.15, 0.2) is 0 Å². The first kappa shape index (κ1) is 17.8. The molecule has 0 fully saturated rings. The van der Waals surface area contributed by atoms with Crippen molar-refractivity contribution in [3.63, 3.8) is 0 Å². The number of nitrogens with zero attached hydrogens (tertiary/aromatic N) is 2. The predicted octanol–water partition coefficient (Wildman–Crippen LogP) is 3.23. The molecule has 0 radical (unpaired) electrons. The monoisotopic (exact) mass is 337 g/mol. The first-order chi connectivity index (χ1) is 10.7. The number of amidine groups is 1. The van der Waals surface area contributed by atoms with Crippen molar-refractivity contribution in [3.8, 4) is 0 Å². The van der Waals surface area contributed by atoms with Crippen LogP contribution in [0.3, 0.4) is 0 Å². The Kier molecular flexibility index (Phi) is 5.68. The Balaban J connectivity index is 1.86. The fourth-order valence-corrected chi connectivity index (χ4v) is 3.44. The van der Waals surface area contributed by atoms with E-state index in [0.717, 1.165) is 12.3 Å². The lowest BCUT2D eigenvalue weighted by molar-refractivity contribution is 0.0276. The minimum absolute atomic E-state index is 0.270. The van der Waals surface area contributed by atoms with Gasteiger partial charge in [-0.2, -0.15) is 0 Å². The van der Waals surface area contributed by atoms with Gasteiger partial charge in [0.05, 0.1) is 13.1 Å². The Hall–Kier alpha value is -1.56. The van der Waals surface area contributed by atoms with Gasteiger partial charge in [-0.15, -0.1) is 11.3 Å². The van der Waals surface area contributed by atoms with Gasteiger partial charge in [0.1, 0.15) is 11.4 Å². The molecular formula is C17H27N3O2S. The second-order valence-electron chi connectivity index (χ2n) is 6.99. The summed E-state index contributed by atoms with van der Waals surface area (Å²) in [7, 11) is 0. The maximum atomic E-state index is 12.2. The molecule has 0 bridgehead atoms. The van der Waals surface area contributed by atoms with Crippen LogP contribution in [0.25, 0.3) is 0 Å². The summed E-state index contributed by atoms with van der Waals surface area (Å²) in [4.78, 5) is 21.1. The van der Waals surface area contributed by atoms with E-state index >= 15 is 0 Å². The van der Waals surface area contributed by atoms with Gasteiger partial charge in [-0.05, 0) is 46.8 Å². The molecule has 23 heavy (non-hydrogen) atoms. The van der Waals surface area contributed by atoms with Gasteiger partial charge in [0, 0.05) is 28.8 Å². The number of nitrogens with one attached hydrogen (secondary N) is 1. The van der Waals surface area contributed by atoms with Crippen molar-refractivity contribution in [1.29, 1.82) is 0 Å². The summed E-state index contributed by atoms with van der Waals surface area (Å²) in [5.74, 6) is 0.864. The van der Waals surface area contributed by atoms with E-state index in [4.69, 9.17) is 4.74 Å². The van der Waals surface area contributed by atoms with E-state index in [-0.39, 0.29) is 12.1 Å². The second-order valence-corrected chi connectivity index (χ2v) is 8.36. The minimum Gasteiger partial charge on any atom is -0.444 e. The lowest BCUT2D eigenvalue weighted by Gasteiger charge is -2.30. The molecular weight excluding hydrogens is 310 g/mol. The van der Waals surface area contributed by atoms with Crippen LogP contribution in [0.15, 0.2) is 17.1 Å². The van der Waals surface area contributed by atoms with E-state index < -0.39 is 5.60 Å². The van der Waals surface area contributed by atoms with Crippen LogP contribution in [-0.4, -0.2) is 48.1 Å². The van der Waals surface area contributed by atoms with E-state index in [1.165, 1.54) is 9.75 Å². The number of carbonyl (C=O) groups excluding carboxylic acids is 1. The minimum atomic E-state index is -0.469. The Morgan fingerprint density at radius 1 is 1.48 bits per heavy atom. The quantitative estimate of drug-likeness (QED) is 0.921. The van der Waals surface area contributed by atoms with Crippen molar-refractivity contribution in [2.24, 2.45) is 4.99 Å². The van der Waals surface area contributed by atoms with Crippen molar-refractivity contribution in [3.05, 3.63) is 21.9 Å². The molecule has 0 spiro atoms. The Morgan fingerprint density at radius 2 is 2.22 bits per heavy atom. The van der Waals surface area contributed by atoms with Gasteiger partial charge < -0.3 is 10.1 Å². The molecule has 0 saturated carbocycles. The predicted molar refractivity (Wildman–Crippen MR) is 95.5 cm³/mol.